The Balaban J connectivity index is 2.73. The fraction of sp³-hybridized carbons (Fsp3) is 0.667. The van der Waals surface area contributed by atoms with Gasteiger partial charge >= 0.3 is 0 Å². The van der Waals surface area contributed by atoms with E-state index < -0.39 is 0 Å². The molecule has 1 amide bonds. The first-order chi connectivity index (χ1) is 9.71. The third-order valence-corrected chi connectivity index (χ3v) is 2.65. The van der Waals surface area contributed by atoms with E-state index in [9.17, 15) is 4.79 Å². The maximum absolute atomic E-state index is 12.1. The Kier molecular flexibility index (Phi) is 5.93. The number of aryl methyl sites for hydroxylation is 1. The summed E-state index contributed by atoms with van der Waals surface area (Å²) in [6.07, 6.45) is 1.02. The maximum Gasteiger partial charge on any atom is 0.242 e. The zero-order valence-electron chi connectivity index (χ0n) is 13.9. The van der Waals surface area contributed by atoms with Crippen molar-refractivity contribution in [2.24, 2.45) is 0 Å². The Morgan fingerprint density at radius 1 is 1.29 bits per heavy atom. The third kappa shape index (κ3) is 6.42. The Bertz CT molecular complexity index is 481. The van der Waals surface area contributed by atoms with E-state index in [1.807, 2.05) is 40.7 Å². The van der Waals surface area contributed by atoms with Gasteiger partial charge in [0.15, 0.2) is 0 Å². The first-order valence-electron chi connectivity index (χ1n) is 7.39. The van der Waals surface area contributed by atoms with Gasteiger partial charge in [-0.05, 0) is 41.0 Å². The fourth-order valence-electron chi connectivity index (χ4n) is 1.75. The normalized spacial score (nSPS) is 12.7. The number of rotatable bonds is 6. The molecule has 0 saturated carbocycles. The smallest absolute Gasteiger partial charge is 0.242 e. The number of amides is 1. The van der Waals surface area contributed by atoms with Gasteiger partial charge < -0.3 is 16.0 Å². The standard InChI is InChI=1S/C15H27N5O/c1-7-8-16-12-9-13(19-11(3)18-12)17-10(2)14(21)20-15(4,5)6/h9-10H,7-8H2,1-6H3,(H,20,21)(H2,16,17,18,19). The number of hydrogen-bond donors (Lipinski definition) is 3. The summed E-state index contributed by atoms with van der Waals surface area (Å²) in [6.45, 7) is 12.5. The molecule has 1 heterocycles. The second-order valence-electron chi connectivity index (χ2n) is 6.22. The van der Waals surface area contributed by atoms with Crippen molar-refractivity contribution in [1.29, 1.82) is 0 Å². The predicted molar refractivity (Wildman–Crippen MR) is 86.5 cm³/mol. The van der Waals surface area contributed by atoms with E-state index in [4.69, 9.17) is 0 Å². The quantitative estimate of drug-likeness (QED) is 0.750. The lowest BCUT2D eigenvalue weighted by molar-refractivity contribution is -0.122. The molecule has 0 aliphatic carbocycles. The first-order valence-corrected chi connectivity index (χ1v) is 7.39. The van der Waals surface area contributed by atoms with Crippen molar-refractivity contribution in [1.82, 2.24) is 15.3 Å². The van der Waals surface area contributed by atoms with E-state index in [-0.39, 0.29) is 17.5 Å². The van der Waals surface area contributed by atoms with Gasteiger partial charge in [-0.3, -0.25) is 4.79 Å². The van der Waals surface area contributed by atoms with Gasteiger partial charge in [-0.25, -0.2) is 9.97 Å². The lowest BCUT2D eigenvalue weighted by Gasteiger charge is -2.24. The molecule has 1 rings (SSSR count). The molecule has 6 heteroatoms. The lowest BCUT2D eigenvalue weighted by Crippen LogP contribution is -2.47. The third-order valence-electron chi connectivity index (χ3n) is 2.65. The van der Waals surface area contributed by atoms with Crippen LogP contribution < -0.4 is 16.0 Å². The summed E-state index contributed by atoms with van der Waals surface area (Å²) in [4.78, 5) is 20.7. The summed E-state index contributed by atoms with van der Waals surface area (Å²) in [7, 11) is 0. The van der Waals surface area contributed by atoms with Gasteiger partial charge in [-0.2, -0.15) is 0 Å². The second-order valence-corrected chi connectivity index (χ2v) is 6.22. The van der Waals surface area contributed by atoms with Crippen LogP contribution in [0.5, 0.6) is 0 Å². The Labute approximate surface area is 127 Å². The fourth-order valence-corrected chi connectivity index (χ4v) is 1.75. The van der Waals surface area contributed by atoms with E-state index in [1.54, 1.807) is 0 Å². The van der Waals surface area contributed by atoms with Gasteiger partial charge in [-0.1, -0.05) is 6.92 Å². The molecule has 0 bridgehead atoms. The van der Waals surface area contributed by atoms with Crippen LogP contribution in [0.15, 0.2) is 6.07 Å². The number of aromatic nitrogens is 2. The highest BCUT2D eigenvalue weighted by Crippen LogP contribution is 2.12. The number of carbonyl (C=O) groups excluding carboxylic acids is 1. The van der Waals surface area contributed by atoms with E-state index in [0.717, 1.165) is 18.8 Å². The van der Waals surface area contributed by atoms with Gasteiger partial charge in [0.25, 0.3) is 0 Å². The highest BCUT2D eigenvalue weighted by atomic mass is 16.2. The van der Waals surface area contributed by atoms with E-state index in [0.29, 0.717) is 11.6 Å². The van der Waals surface area contributed by atoms with Crippen LogP contribution in [-0.2, 0) is 4.79 Å². The molecule has 0 radical (unpaired) electrons. The predicted octanol–water partition coefficient (Wildman–Crippen LogP) is 2.32. The molecule has 1 atom stereocenters. The first kappa shape index (κ1) is 17.2. The van der Waals surface area contributed by atoms with E-state index >= 15 is 0 Å². The van der Waals surface area contributed by atoms with Crippen LogP contribution in [0.1, 0.15) is 46.9 Å². The molecule has 3 N–H and O–H groups in total. The number of anilines is 2. The molecule has 21 heavy (non-hydrogen) atoms. The number of nitrogens with zero attached hydrogens (tertiary/aromatic N) is 2. The van der Waals surface area contributed by atoms with Crippen molar-refractivity contribution in [3.05, 3.63) is 11.9 Å². The molecular formula is C15H27N5O. The second kappa shape index (κ2) is 7.24. The molecule has 1 aromatic rings. The van der Waals surface area contributed by atoms with Crippen molar-refractivity contribution in [2.45, 2.75) is 59.5 Å². The molecule has 1 unspecified atom stereocenters. The highest BCUT2D eigenvalue weighted by molar-refractivity contribution is 5.84. The number of carbonyl (C=O) groups is 1. The van der Waals surface area contributed by atoms with Crippen molar-refractivity contribution in [3.8, 4) is 0 Å². The lowest BCUT2D eigenvalue weighted by atomic mass is 10.1. The maximum atomic E-state index is 12.1. The minimum atomic E-state index is -0.363. The van der Waals surface area contributed by atoms with Crippen LogP contribution in [0.4, 0.5) is 11.6 Å². The van der Waals surface area contributed by atoms with Crippen molar-refractivity contribution < 1.29 is 4.79 Å². The molecule has 118 valence electrons. The van der Waals surface area contributed by atoms with Crippen molar-refractivity contribution >= 4 is 17.5 Å². The Hall–Kier alpha value is -1.85. The van der Waals surface area contributed by atoms with Gasteiger partial charge in [0.1, 0.15) is 23.5 Å². The summed E-state index contributed by atoms with van der Waals surface area (Å²) in [5, 5.41) is 9.29. The molecule has 0 aliphatic heterocycles. The summed E-state index contributed by atoms with van der Waals surface area (Å²) in [5.41, 5.74) is -0.248. The number of hydrogen-bond acceptors (Lipinski definition) is 5. The monoisotopic (exact) mass is 293 g/mol. The molecule has 0 spiro atoms. The van der Waals surface area contributed by atoms with Gasteiger partial charge in [-0.15, -0.1) is 0 Å². The average Bonchev–Trinajstić information content (AvgIpc) is 2.33. The Morgan fingerprint density at radius 2 is 1.90 bits per heavy atom. The van der Waals surface area contributed by atoms with Gasteiger partial charge in [0.2, 0.25) is 5.91 Å². The summed E-state index contributed by atoms with van der Waals surface area (Å²) >= 11 is 0. The van der Waals surface area contributed by atoms with E-state index in [2.05, 4.69) is 32.8 Å². The largest absolute Gasteiger partial charge is 0.370 e. The van der Waals surface area contributed by atoms with Gasteiger partial charge in [0, 0.05) is 18.2 Å². The van der Waals surface area contributed by atoms with E-state index in [1.165, 1.54) is 0 Å². The van der Waals surface area contributed by atoms with Crippen LogP contribution >= 0.6 is 0 Å². The molecular weight excluding hydrogens is 266 g/mol. The van der Waals surface area contributed by atoms with Crippen molar-refractivity contribution in [3.63, 3.8) is 0 Å². The summed E-state index contributed by atoms with van der Waals surface area (Å²) < 4.78 is 0. The zero-order chi connectivity index (χ0) is 16.0. The SMILES string of the molecule is CCCNc1cc(NC(C)C(=O)NC(C)(C)C)nc(C)n1. The molecule has 0 saturated heterocycles. The molecule has 0 aliphatic rings. The minimum absolute atomic E-state index is 0.0539. The van der Waals surface area contributed by atoms with Crippen LogP contribution in [0.3, 0.4) is 0 Å². The molecule has 1 aromatic heterocycles. The minimum Gasteiger partial charge on any atom is -0.370 e. The molecule has 6 nitrogen and oxygen atoms in total. The van der Waals surface area contributed by atoms with Crippen LogP contribution in [0, 0.1) is 6.92 Å². The zero-order valence-corrected chi connectivity index (χ0v) is 13.9. The summed E-state index contributed by atoms with van der Waals surface area (Å²) in [5.74, 6) is 2.04. The van der Waals surface area contributed by atoms with Crippen LogP contribution in [0.2, 0.25) is 0 Å². The van der Waals surface area contributed by atoms with Crippen molar-refractivity contribution in [2.75, 3.05) is 17.2 Å². The number of nitrogens with one attached hydrogen (secondary N) is 3. The van der Waals surface area contributed by atoms with Crippen LogP contribution in [0.25, 0.3) is 0 Å². The van der Waals surface area contributed by atoms with Gasteiger partial charge in [0.05, 0.1) is 0 Å². The molecule has 0 aromatic carbocycles. The topological polar surface area (TPSA) is 78.9 Å². The average molecular weight is 293 g/mol. The summed E-state index contributed by atoms with van der Waals surface area (Å²) in [6, 6.07) is 1.46. The highest BCUT2D eigenvalue weighted by Gasteiger charge is 2.19. The molecule has 0 fully saturated rings. The Morgan fingerprint density at radius 3 is 2.48 bits per heavy atom. The van der Waals surface area contributed by atoms with Crippen LogP contribution in [-0.4, -0.2) is 34.0 Å².